The molecule has 1 aliphatic rings. The Bertz CT molecular complexity index is 1310. The predicted molar refractivity (Wildman–Crippen MR) is 130 cm³/mol. The highest BCUT2D eigenvalue weighted by molar-refractivity contribution is 6.09. The van der Waals surface area contributed by atoms with E-state index in [1.54, 1.807) is 4.90 Å². The van der Waals surface area contributed by atoms with Gasteiger partial charge < -0.3 is 14.2 Å². The average Bonchev–Trinajstić information content (AvgIpc) is 3.34. The van der Waals surface area contributed by atoms with Gasteiger partial charge >= 0.3 is 6.09 Å². The van der Waals surface area contributed by atoms with Crippen LogP contribution in [0, 0.1) is 0 Å². The molecule has 1 fully saturated rings. The van der Waals surface area contributed by atoms with Gasteiger partial charge in [0.2, 0.25) is 5.91 Å². The monoisotopic (exact) mass is 441 g/mol. The number of fused-ring (bicyclic) bond motifs is 3. The van der Waals surface area contributed by atoms with Crippen LogP contribution in [-0.4, -0.2) is 40.7 Å². The predicted octanol–water partition coefficient (Wildman–Crippen LogP) is 5.21. The molecule has 1 atom stereocenters. The number of carbonyl (C=O) groups excluding carboxylic acids is 2. The molecule has 4 aromatic rings. The van der Waals surface area contributed by atoms with Crippen molar-refractivity contribution in [2.75, 3.05) is 18.4 Å². The first kappa shape index (κ1) is 21.1. The minimum absolute atomic E-state index is 0.0255. The van der Waals surface area contributed by atoms with E-state index in [0.29, 0.717) is 18.8 Å². The molecular weight excluding hydrogens is 414 g/mol. The molecule has 1 aromatic heterocycles. The van der Waals surface area contributed by atoms with Crippen LogP contribution in [0.2, 0.25) is 0 Å². The molecule has 3 aromatic carbocycles. The number of benzene rings is 3. The number of carbonyl (C=O) groups is 2. The van der Waals surface area contributed by atoms with E-state index in [2.05, 4.69) is 41.1 Å². The number of likely N-dealkylation sites (tertiary alicyclic amines) is 1. The van der Waals surface area contributed by atoms with E-state index >= 15 is 0 Å². The van der Waals surface area contributed by atoms with Gasteiger partial charge in [-0.25, -0.2) is 4.79 Å². The highest BCUT2D eigenvalue weighted by Gasteiger charge is 2.32. The number of para-hydroxylation sites is 1. The number of ether oxygens (including phenoxy) is 1. The van der Waals surface area contributed by atoms with E-state index in [9.17, 15) is 9.59 Å². The quantitative estimate of drug-likeness (QED) is 0.447. The Kier molecular flexibility index (Phi) is 5.73. The maximum atomic E-state index is 12.6. The van der Waals surface area contributed by atoms with Gasteiger partial charge in [-0.05, 0) is 43.2 Å². The standard InChI is InChI=1S/C27H27N3O3/c1-2-30-24-11-7-6-10-22(24)23-16-20(12-13-25(23)30)28-27(32)33-21-17-26(31)29(18-21)15-14-19-8-4-3-5-9-19/h3-13,16,21H,2,14-15,17-18H2,1H3,(H,28,32). The topological polar surface area (TPSA) is 63.6 Å². The Morgan fingerprint density at radius 2 is 1.76 bits per heavy atom. The molecule has 1 aliphatic heterocycles. The molecule has 0 saturated carbocycles. The highest BCUT2D eigenvalue weighted by Crippen LogP contribution is 2.31. The molecule has 1 saturated heterocycles. The lowest BCUT2D eigenvalue weighted by atomic mass is 10.1. The molecule has 6 heteroatoms. The number of aromatic nitrogens is 1. The fourth-order valence-electron chi connectivity index (χ4n) is 4.71. The van der Waals surface area contributed by atoms with Crippen molar-refractivity contribution in [3.63, 3.8) is 0 Å². The molecule has 5 rings (SSSR count). The van der Waals surface area contributed by atoms with Gasteiger partial charge in [0.05, 0.1) is 13.0 Å². The third-order valence-electron chi connectivity index (χ3n) is 6.30. The van der Waals surface area contributed by atoms with E-state index in [0.717, 1.165) is 29.3 Å². The Labute approximate surface area is 192 Å². The maximum absolute atomic E-state index is 12.6. The number of aryl methyl sites for hydroxylation is 1. The molecule has 0 spiro atoms. The molecule has 33 heavy (non-hydrogen) atoms. The van der Waals surface area contributed by atoms with Crippen LogP contribution in [0.4, 0.5) is 10.5 Å². The van der Waals surface area contributed by atoms with Crippen molar-refractivity contribution in [2.24, 2.45) is 0 Å². The molecule has 2 heterocycles. The first-order valence-electron chi connectivity index (χ1n) is 11.4. The van der Waals surface area contributed by atoms with Crippen LogP contribution in [0.5, 0.6) is 0 Å². The van der Waals surface area contributed by atoms with Crippen molar-refractivity contribution in [3.05, 3.63) is 78.4 Å². The molecule has 0 aliphatic carbocycles. The summed E-state index contributed by atoms with van der Waals surface area (Å²) in [5.41, 5.74) is 4.17. The van der Waals surface area contributed by atoms with Gasteiger partial charge in [0, 0.05) is 40.6 Å². The van der Waals surface area contributed by atoms with Gasteiger partial charge in [0.1, 0.15) is 6.10 Å². The van der Waals surface area contributed by atoms with E-state index in [4.69, 9.17) is 4.74 Å². The van der Waals surface area contributed by atoms with Crippen molar-refractivity contribution in [1.82, 2.24) is 9.47 Å². The van der Waals surface area contributed by atoms with E-state index in [1.165, 1.54) is 11.1 Å². The van der Waals surface area contributed by atoms with Gasteiger partial charge in [-0.1, -0.05) is 48.5 Å². The third kappa shape index (κ3) is 4.29. The van der Waals surface area contributed by atoms with Gasteiger partial charge in [-0.3, -0.25) is 10.1 Å². The summed E-state index contributed by atoms with van der Waals surface area (Å²) in [6.45, 7) is 4.06. The average molecular weight is 442 g/mol. The second kappa shape index (κ2) is 8.98. The Hall–Kier alpha value is -3.80. The zero-order chi connectivity index (χ0) is 22.8. The van der Waals surface area contributed by atoms with E-state index < -0.39 is 12.2 Å². The Morgan fingerprint density at radius 1 is 1.00 bits per heavy atom. The van der Waals surface area contributed by atoms with Crippen molar-refractivity contribution in [3.8, 4) is 0 Å². The highest BCUT2D eigenvalue weighted by atomic mass is 16.6. The van der Waals surface area contributed by atoms with E-state index in [-0.39, 0.29) is 12.3 Å². The van der Waals surface area contributed by atoms with Crippen molar-refractivity contribution >= 4 is 39.5 Å². The number of nitrogens with one attached hydrogen (secondary N) is 1. The molecule has 1 N–H and O–H groups in total. The van der Waals surface area contributed by atoms with Crippen LogP contribution in [-0.2, 0) is 22.5 Å². The Balaban J connectivity index is 1.23. The third-order valence-corrected chi connectivity index (χ3v) is 6.30. The first-order valence-corrected chi connectivity index (χ1v) is 11.4. The molecule has 2 amide bonds. The number of anilines is 1. The second-order valence-electron chi connectivity index (χ2n) is 8.43. The van der Waals surface area contributed by atoms with Crippen LogP contribution < -0.4 is 5.32 Å². The summed E-state index contributed by atoms with van der Waals surface area (Å²) in [6.07, 6.45) is 0.0533. The molecular formula is C27H27N3O3. The SMILES string of the molecule is CCn1c2ccccc2c2cc(NC(=O)OC3CC(=O)N(CCc4ccccc4)C3)ccc21. The number of nitrogens with zero attached hydrogens (tertiary/aromatic N) is 2. The van der Waals surface area contributed by atoms with Crippen molar-refractivity contribution < 1.29 is 14.3 Å². The summed E-state index contributed by atoms with van der Waals surface area (Å²) >= 11 is 0. The number of hydrogen-bond acceptors (Lipinski definition) is 3. The maximum Gasteiger partial charge on any atom is 0.411 e. The summed E-state index contributed by atoms with van der Waals surface area (Å²) in [5.74, 6) is 0.0255. The summed E-state index contributed by atoms with van der Waals surface area (Å²) in [6, 6.07) is 24.2. The van der Waals surface area contributed by atoms with Gasteiger partial charge in [0.15, 0.2) is 0 Å². The lowest BCUT2D eigenvalue weighted by molar-refractivity contribution is -0.127. The van der Waals surface area contributed by atoms with Crippen LogP contribution in [0.15, 0.2) is 72.8 Å². The van der Waals surface area contributed by atoms with Crippen molar-refractivity contribution in [2.45, 2.75) is 32.4 Å². The summed E-state index contributed by atoms with van der Waals surface area (Å²) in [7, 11) is 0. The van der Waals surface area contributed by atoms with Gasteiger partial charge in [0.25, 0.3) is 0 Å². The minimum atomic E-state index is -0.531. The van der Waals surface area contributed by atoms with Gasteiger partial charge in [-0.15, -0.1) is 0 Å². The van der Waals surface area contributed by atoms with Gasteiger partial charge in [-0.2, -0.15) is 0 Å². The van der Waals surface area contributed by atoms with Crippen LogP contribution in [0.3, 0.4) is 0 Å². The number of hydrogen-bond donors (Lipinski definition) is 1. The minimum Gasteiger partial charge on any atom is -0.444 e. The van der Waals surface area contributed by atoms with Crippen LogP contribution in [0.25, 0.3) is 21.8 Å². The lowest BCUT2D eigenvalue weighted by Gasteiger charge is -2.17. The van der Waals surface area contributed by atoms with Crippen LogP contribution in [0.1, 0.15) is 18.9 Å². The number of rotatable bonds is 6. The zero-order valence-corrected chi connectivity index (χ0v) is 18.7. The lowest BCUT2D eigenvalue weighted by Crippen LogP contribution is -2.29. The summed E-state index contributed by atoms with van der Waals surface area (Å²) in [4.78, 5) is 26.7. The first-order chi connectivity index (χ1) is 16.1. The molecule has 0 bridgehead atoms. The largest absolute Gasteiger partial charge is 0.444 e. The summed E-state index contributed by atoms with van der Waals surface area (Å²) in [5, 5.41) is 5.09. The molecule has 1 unspecified atom stereocenters. The summed E-state index contributed by atoms with van der Waals surface area (Å²) < 4.78 is 7.84. The number of amides is 2. The van der Waals surface area contributed by atoms with Crippen LogP contribution >= 0.6 is 0 Å². The molecule has 168 valence electrons. The van der Waals surface area contributed by atoms with E-state index in [1.807, 2.05) is 48.5 Å². The second-order valence-corrected chi connectivity index (χ2v) is 8.43. The molecule has 0 radical (unpaired) electrons. The molecule has 6 nitrogen and oxygen atoms in total. The fraction of sp³-hybridized carbons (Fsp3) is 0.259. The zero-order valence-electron chi connectivity index (χ0n) is 18.7. The normalized spacial score (nSPS) is 16.0. The van der Waals surface area contributed by atoms with Crippen molar-refractivity contribution in [1.29, 1.82) is 0 Å². The fourth-order valence-corrected chi connectivity index (χ4v) is 4.71. The smallest absolute Gasteiger partial charge is 0.411 e. The Morgan fingerprint density at radius 3 is 2.58 bits per heavy atom.